The number of carbonyl (C=O) groups excluding carboxylic acids is 2. The Bertz CT molecular complexity index is 701. The van der Waals surface area contributed by atoms with Gasteiger partial charge in [-0.1, -0.05) is 18.2 Å². The number of benzene rings is 1. The topological polar surface area (TPSA) is 114 Å². The Hall–Kier alpha value is -2.95. The van der Waals surface area contributed by atoms with Crippen molar-refractivity contribution in [2.45, 2.75) is 25.3 Å². The number of carbonyl (C=O) groups is 2. The van der Waals surface area contributed by atoms with Crippen molar-refractivity contribution in [3.8, 4) is 6.07 Å². The van der Waals surface area contributed by atoms with Gasteiger partial charge in [0.25, 0.3) is 5.91 Å². The van der Waals surface area contributed by atoms with E-state index in [0.29, 0.717) is 12.0 Å². The minimum atomic E-state index is -0.677. The normalized spacial score (nSPS) is 22.3. The molecule has 0 radical (unpaired) electrons. The molecule has 1 heterocycles. The minimum absolute atomic E-state index is 0.0877. The van der Waals surface area contributed by atoms with Crippen LogP contribution in [0.5, 0.6) is 0 Å². The average Bonchev–Trinajstić information content (AvgIpc) is 2.66. The van der Waals surface area contributed by atoms with Crippen molar-refractivity contribution in [3.05, 3.63) is 46.0 Å². The van der Waals surface area contributed by atoms with Gasteiger partial charge in [0.2, 0.25) is 6.54 Å². The number of piperidine rings is 1. The molecule has 1 amide bonds. The molecule has 2 rings (SSSR count). The van der Waals surface area contributed by atoms with E-state index in [-0.39, 0.29) is 43.7 Å². The van der Waals surface area contributed by atoms with Gasteiger partial charge in [-0.3, -0.25) is 19.7 Å². The zero-order valence-corrected chi connectivity index (χ0v) is 14.5. The van der Waals surface area contributed by atoms with Gasteiger partial charge in [0.15, 0.2) is 0 Å². The van der Waals surface area contributed by atoms with Crippen LogP contribution in [0, 0.1) is 33.3 Å². The molecule has 1 aromatic rings. The molecule has 0 bridgehead atoms. The third-order valence-electron chi connectivity index (χ3n) is 4.77. The number of nitrogens with zero attached hydrogens (tertiary/aromatic N) is 3. The van der Waals surface area contributed by atoms with E-state index >= 15 is 0 Å². The average molecular weight is 359 g/mol. The molecule has 8 nitrogen and oxygen atoms in total. The Kier molecular flexibility index (Phi) is 6.67. The first-order chi connectivity index (χ1) is 12.5. The monoisotopic (exact) mass is 359 g/mol. The summed E-state index contributed by atoms with van der Waals surface area (Å²) in [5.74, 6) is -1.16. The van der Waals surface area contributed by atoms with Crippen LogP contribution in [-0.4, -0.2) is 47.9 Å². The van der Waals surface area contributed by atoms with Crippen molar-refractivity contribution in [3.63, 3.8) is 0 Å². The van der Waals surface area contributed by atoms with Gasteiger partial charge >= 0.3 is 5.97 Å². The molecule has 0 aromatic heterocycles. The highest BCUT2D eigenvalue weighted by molar-refractivity contribution is 5.94. The van der Waals surface area contributed by atoms with Crippen molar-refractivity contribution in [2.24, 2.45) is 11.8 Å². The van der Waals surface area contributed by atoms with Gasteiger partial charge in [-0.25, -0.2) is 0 Å². The first-order valence-corrected chi connectivity index (χ1v) is 8.40. The van der Waals surface area contributed by atoms with Gasteiger partial charge in [-0.05, 0) is 30.4 Å². The van der Waals surface area contributed by atoms with Crippen molar-refractivity contribution in [1.82, 2.24) is 4.90 Å². The lowest BCUT2D eigenvalue weighted by atomic mass is 9.78. The molecule has 1 aromatic carbocycles. The first-order valence-electron chi connectivity index (χ1n) is 8.40. The zero-order chi connectivity index (χ0) is 19.1. The molecule has 1 aliphatic heterocycles. The van der Waals surface area contributed by atoms with Gasteiger partial charge in [0, 0.05) is 29.9 Å². The number of hydrogen-bond acceptors (Lipinski definition) is 6. The lowest BCUT2D eigenvalue weighted by Gasteiger charge is -2.41. The molecule has 1 aliphatic rings. The third kappa shape index (κ3) is 4.79. The van der Waals surface area contributed by atoms with E-state index in [1.54, 1.807) is 30.3 Å². The molecular weight excluding hydrogens is 338 g/mol. The van der Waals surface area contributed by atoms with Crippen LogP contribution in [0.25, 0.3) is 0 Å². The number of likely N-dealkylation sites (tertiary alicyclic amines) is 1. The Morgan fingerprint density at radius 2 is 2.04 bits per heavy atom. The summed E-state index contributed by atoms with van der Waals surface area (Å²) in [6.45, 7) is -0.0334. The maximum Gasteiger partial charge on any atom is 0.305 e. The van der Waals surface area contributed by atoms with Gasteiger partial charge < -0.3 is 9.64 Å². The van der Waals surface area contributed by atoms with Crippen molar-refractivity contribution in [2.75, 3.05) is 20.2 Å². The summed E-state index contributed by atoms with van der Waals surface area (Å²) in [4.78, 5) is 36.3. The molecular formula is C18H21N3O5. The Balaban J connectivity index is 2.22. The quantitative estimate of drug-likeness (QED) is 0.435. The van der Waals surface area contributed by atoms with E-state index < -0.39 is 16.9 Å². The van der Waals surface area contributed by atoms with Crippen molar-refractivity contribution in [1.29, 1.82) is 5.26 Å². The van der Waals surface area contributed by atoms with Crippen LogP contribution in [0.4, 0.5) is 0 Å². The lowest BCUT2D eigenvalue weighted by Crippen LogP contribution is -2.50. The second-order valence-electron chi connectivity index (χ2n) is 6.35. The molecule has 0 aliphatic carbocycles. The van der Waals surface area contributed by atoms with Crippen LogP contribution in [0.15, 0.2) is 30.3 Å². The fraction of sp³-hybridized carbons (Fsp3) is 0.500. The molecule has 0 N–H and O–H groups in total. The smallest absolute Gasteiger partial charge is 0.305 e. The van der Waals surface area contributed by atoms with E-state index in [0.717, 1.165) is 0 Å². The molecule has 8 heteroatoms. The molecule has 0 spiro atoms. The zero-order valence-electron chi connectivity index (χ0n) is 14.5. The number of hydrogen-bond donors (Lipinski definition) is 0. The number of nitro groups is 1. The predicted octanol–water partition coefficient (Wildman–Crippen LogP) is 1.89. The molecule has 1 fully saturated rings. The van der Waals surface area contributed by atoms with Crippen LogP contribution in [0.1, 0.15) is 29.6 Å². The highest BCUT2D eigenvalue weighted by atomic mass is 16.6. The van der Waals surface area contributed by atoms with Crippen LogP contribution >= 0.6 is 0 Å². The fourth-order valence-electron chi connectivity index (χ4n) is 3.37. The number of methoxy groups -OCH3 is 1. The summed E-state index contributed by atoms with van der Waals surface area (Å²) in [5, 5.41) is 20.3. The molecule has 0 saturated carbocycles. The minimum Gasteiger partial charge on any atom is -0.469 e. The molecule has 1 saturated heterocycles. The van der Waals surface area contributed by atoms with Gasteiger partial charge in [0.1, 0.15) is 6.04 Å². The number of ether oxygens (including phenoxy) is 1. The fourth-order valence-corrected chi connectivity index (χ4v) is 3.37. The summed E-state index contributed by atoms with van der Waals surface area (Å²) in [6, 6.07) is 10.1. The van der Waals surface area contributed by atoms with Crippen molar-refractivity contribution >= 4 is 11.9 Å². The highest BCUT2D eigenvalue weighted by Crippen LogP contribution is 2.33. The Morgan fingerprint density at radius 3 is 2.62 bits per heavy atom. The third-order valence-corrected chi connectivity index (χ3v) is 4.77. The summed E-state index contributed by atoms with van der Waals surface area (Å²) < 4.78 is 4.70. The number of amides is 1. The summed E-state index contributed by atoms with van der Waals surface area (Å²) in [7, 11) is 1.28. The van der Waals surface area contributed by atoms with Crippen LogP contribution < -0.4 is 0 Å². The van der Waals surface area contributed by atoms with E-state index in [2.05, 4.69) is 6.07 Å². The molecule has 138 valence electrons. The maximum absolute atomic E-state index is 12.8. The first kappa shape index (κ1) is 19.4. The Morgan fingerprint density at radius 1 is 1.35 bits per heavy atom. The SMILES string of the molecule is COC(=O)CC1C[C@H](C#N)N(C(=O)c2ccccc2)C[C@@H]1CC[N+](=O)[O-]. The number of esters is 1. The van der Waals surface area contributed by atoms with Crippen LogP contribution in [-0.2, 0) is 9.53 Å². The summed E-state index contributed by atoms with van der Waals surface area (Å²) in [5.41, 5.74) is 0.465. The van der Waals surface area contributed by atoms with E-state index in [4.69, 9.17) is 4.74 Å². The van der Waals surface area contributed by atoms with E-state index in [1.165, 1.54) is 12.0 Å². The number of nitriles is 1. The van der Waals surface area contributed by atoms with E-state index in [9.17, 15) is 25.0 Å². The van der Waals surface area contributed by atoms with Gasteiger partial charge in [-0.2, -0.15) is 5.26 Å². The largest absolute Gasteiger partial charge is 0.469 e. The second-order valence-corrected chi connectivity index (χ2v) is 6.35. The molecule has 26 heavy (non-hydrogen) atoms. The van der Waals surface area contributed by atoms with Crippen molar-refractivity contribution < 1.29 is 19.2 Å². The van der Waals surface area contributed by atoms with Gasteiger partial charge in [-0.15, -0.1) is 0 Å². The molecule has 1 unspecified atom stereocenters. The molecule has 3 atom stereocenters. The highest BCUT2D eigenvalue weighted by Gasteiger charge is 2.39. The maximum atomic E-state index is 12.8. The summed E-state index contributed by atoms with van der Waals surface area (Å²) in [6.07, 6.45) is 0.627. The van der Waals surface area contributed by atoms with Gasteiger partial charge in [0.05, 0.1) is 13.2 Å². The standard InChI is InChI=1S/C18H21N3O5/c1-26-17(22)10-15-9-16(11-19)20(12-14(15)7-8-21(24)25)18(23)13-5-3-2-4-6-13/h2-6,14-16H,7-10,12H2,1H3/t14-,15?,16+/m0/s1. The lowest BCUT2D eigenvalue weighted by molar-refractivity contribution is -0.482. The second kappa shape index (κ2) is 8.94. The summed E-state index contributed by atoms with van der Waals surface area (Å²) >= 11 is 0. The Labute approximate surface area is 151 Å². The van der Waals surface area contributed by atoms with Crippen LogP contribution in [0.2, 0.25) is 0 Å². The van der Waals surface area contributed by atoms with Crippen LogP contribution in [0.3, 0.4) is 0 Å². The number of rotatable bonds is 6. The van der Waals surface area contributed by atoms with E-state index in [1.807, 2.05) is 0 Å². The predicted molar refractivity (Wildman–Crippen MR) is 91.6 cm³/mol.